The molecule has 1 amide bonds. The van der Waals surface area contributed by atoms with Crippen LogP contribution in [0, 0.1) is 11.7 Å². The lowest BCUT2D eigenvalue weighted by molar-refractivity contribution is -0.132. The topological polar surface area (TPSA) is 66.5 Å². The zero-order valence-corrected chi connectivity index (χ0v) is 13.6. The van der Waals surface area contributed by atoms with Crippen LogP contribution < -0.4 is 4.72 Å². The monoisotopic (exact) mass is 328 g/mol. The van der Waals surface area contributed by atoms with Crippen LogP contribution in [0.1, 0.15) is 26.7 Å². The van der Waals surface area contributed by atoms with E-state index in [0.717, 1.165) is 18.9 Å². The Kier molecular flexibility index (Phi) is 5.18. The van der Waals surface area contributed by atoms with Crippen molar-refractivity contribution in [2.75, 3.05) is 13.1 Å². The van der Waals surface area contributed by atoms with Gasteiger partial charge < -0.3 is 4.90 Å². The maximum Gasteiger partial charge on any atom is 0.244 e. The number of nitrogens with zero attached hydrogens (tertiary/aromatic N) is 1. The fourth-order valence-electron chi connectivity index (χ4n) is 2.50. The fourth-order valence-corrected chi connectivity index (χ4v) is 3.92. The van der Waals surface area contributed by atoms with E-state index < -0.39 is 26.8 Å². The predicted octanol–water partition coefficient (Wildman–Crippen LogP) is 1.75. The highest BCUT2D eigenvalue weighted by atomic mass is 32.2. The zero-order valence-electron chi connectivity index (χ0n) is 12.8. The number of carbonyl (C=O) groups excluding carboxylic acids is 1. The van der Waals surface area contributed by atoms with Gasteiger partial charge in [0.1, 0.15) is 16.8 Å². The van der Waals surface area contributed by atoms with Gasteiger partial charge in [-0.3, -0.25) is 4.79 Å². The van der Waals surface area contributed by atoms with Crippen LogP contribution in [0.3, 0.4) is 0 Å². The van der Waals surface area contributed by atoms with Gasteiger partial charge >= 0.3 is 0 Å². The van der Waals surface area contributed by atoms with Gasteiger partial charge in [0.2, 0.25) is 15.9 Å². The van der Waals surface area contributed by atoms with Gasteiger partial charge in [0.25, 0.3) is 0 Å². The molecule has 0 saturated carbocycles. The first-order valence-corrected chi connectivity index (χ1v) is 8.87. The highest BCUT2D eigenvalue weighted by Crippen LogP contribution is 2.18. The summed E-state index contributed by atoms with van der Waals surface area (Å²) in [7, 11) is -4.08. The van der Waals surface area contributed by atoms with E-state index in [1.807, 2.05) is 0 Å². The number of carbonyl (C=O) groups is 1. The molecule has 1 saturated heterocycles. The molecule has 0 spiro atoms. The first kappa shape index (κ1) is 16.9. The van der Waals surface area contributed by atoms with E-state index in [2.05, 4.69) is 4.72 Å². The first-order chi connectivity index (χ1) is 10.3. The molecule has 22 heavy (non-hydrogen) atoms. The molecule has 0 bridgehead atoms. The molecule has 122 valence electrons. The van der Waals surface area contributed by atoms with Gasteiger partial charge in [0.05, 0.1) is 0 Å². The van der Waals surface area contributed by atoms with E-state index in [-0.39, 0.29) is 11.8 Å². The zero-order chi connectivity index (χ0) is 16.3. The SMILES string of the molecule is CC(C)C(NS(=O)(=O)c1ccccc1F)C(=O)N1CCCC1. The van der Waals surface area contributed by atoms with Gasteiger partial charge in [-0.25, -0.2) is 12.8 Å². The van der Waals surface area contributed by atoms with Crippen LogP contribution in [-0.4, -0.2) is 38.4 Å². The maximum atomic E-state index is 13.7. The second-order valence-electron chi connectivity index (χ2n) is 5.81. The van der Waals surface area contributed by atoms with Crippen molar-refractivity contribution in [2.24, 2.45) is 5.92 Å². The van der Waals surface area contributed by atoms with Gasteiger partial charge in [-0.2, -0.15) is 4.72 Å². The Balaban J connectivity index is 2.24. The van der Waals surface area contributed by atoms with Crippen LogP contribution in [-0.2, 0) is 14.8 Å². The highest BCUT2D eigenvalue weighted by Gasteiger charge is 2.33. The summed E-state index contributed by atoms with van der Waals surface area (Å²) in [5.74, 6) is -1.30. The van der Waals surface area contributed by atoms with Crippen molar-refractivity contribution >= 4 is 15.9 Å². The van der Waals surface area contributed by atoms with Crippen molar-refractivity contribution in [2.45, 2.75) is 37.6 Å². The first-order valence-electron chi connectivity index (χ1n) is 7.38. The van der Waals surface area contributed by atoms with Crippen molar-refractivity contribution in [3.8, 4) is 0 Å². The summed E-state index contributed by atoms with van der Waals surface area (Å²) < 4.78 is 40.8. The minimum atomic E-state index is -4.08. The number of rotatable bonds is 5. The molecule has 0 radical (unpaired) electrons. The lowest BCUT2D eigenvalue weighted by atomic mass is 10.0. The van der Waals surface area contributed by atoms with E-state index >= 15 is 0 Å². The van der Waals surface area contributed by atoms with Crippen molar-refractivity contribution in [1.29, 1.82) is 0 Å². The number of benzene rings is 1. The molecule has 2 rings (SSSR count). The van der Waals surface area contributed by atoms with Crippen LogP contribution in [0.4, 0.5) is 4.39 Å². The Morgan fingerprint density at radius 3 is 2.36 bits per heavy atom. The molecule has 1 fully saturated rings. The Hall–Kier alpha value is -1.47. The third-order valence-corrected chi connectivity index (χ3v) is 5.23. The van der Waals surface area contributed by atoms with Crippen molar-refractivity contribution < 1.29 is 17.6 Å². The number of likely N-dealkylation sites (tertiary alicyclic amines) is 1. The number of halogens is 1. The van der Waals surface area contributed by atoms with Crippen molar-refractivity contribution in [3.63, 3.8) is 0 Å². The molecule has 0 aromatic heterocycles. The Morgan fingerprint density at radius 2 is 1.82 bits per heavy atom. The molecule has 7 heteroatoms. The average Bonchev–Trinajstić information content (AvgIpc) is 2.98. The van der Waals surface area contributed by atoms with Crippen LogP contribution in [0.5, 0.6) is 0 Å². The summed E-state index contributed by atoms with van der Waals surface area (Å²) in [6.45, 7) is 4.82. The molecule has 5 nitrogen and oxygen atoms in total. The number of hydrogen-bond donors (Lipinski definition) is 1. The van der Waals surface area contributed by atoms with Crippen LogP contribution >= 0.6 is 0 Å². The molecule has 1 aliphatic heterocycles. The Bertz CT molecular complexity index is 640. The molecule has 1 aromatic carbocycles. The third-order valence-electron chi connectivity index (χ3n) is 3.76. The molecule has 1 unspecified atom stereocenters. The normalized spacial score (nSPS) is 17.0. The summed E-state index contributed by atoms with van der Waals surface area (Å²) in [5, 5.41) is 0. The van der Waals surface area contributed by atoms with Crippen molar-refractivity contribution in [1.82, 2.24) is 9.62 Å². The third kappa shape index (κ3) is 3.64. The molecule has 0 aliphatic carbocycles. The number of nitrogens with one attached hydrogen (secondary N) is 1. The van der Waals surface area contributed by atoms with E-state index in [0.29, 0.717) is 13.1 Å². The van der Waals surface area contributed by atoms with E-state index in [9.17, 15) is 17.6 Å². The number of amides is 1. The molecule has 1 aliphatic rings. The summed E-state index contributed by atoms with van der Waals surface area (Å²) in [6, 6.07) is 4.26. The fraction of sp³-hybridized carbons (Fsp3) is 0.533. The van der Waals surface area contributed by atoms with Gasteiger partial charge in [0, 0.05) is 13.1 Å². The largest absolute Gasteiger partial charge is 0.341 e. The number of hydrogen-bond acceptors (Lipinski definition) is 3. The summed E-state index contributed by atoms with van der Waals surface area (Å²) >= 11 is 0. The van der Waals surface area contributed by atoms with Crippen molar-refractivity contribution in [3.05, 3.63) is 30.1 Å². The number of sulfonamides is 1. The van der Waals surface area contributed by atoms with Gasteiger partial charge in [0.15, 0.2) is 0 Å². The molecule has 1 atom stereocenters. The van der Waals surface area contributed by atoms with Crippen LogP contribution in [0.25, 0.3) is 0 Å². The van der Waals surface area contributed by atoms with Crippen LogP contribution in [0.2, 0.25) is 0 Å². The smallest absolute Gasteiger partial charge is 0.244 e. The Labute approximate surface area is 130 Å². The maximum absolute atomic E-state index is 13.7. The second kappa shape index (κ2) is 6.75. The lowest BCUT2D eigenvalue weighted by Gasteiger charge is -2.26. The molecule has 1 N–H and O–H groups in total. The second-order valence-corrected chi connectivity index (χ2v) is 7.49. The minimum absolute atomic E-state index is 0.227. The molecular weight excluding hydrogens is 307 g/mol. The molecule has 1 heterocycles. The van der Waals surface area contributed by atoms with E-state index in [4.69, 9.17) is 0 Å². The lowest BCUT2D eigenvalue weighted by Crippen LogP contribution is -2.50. The minimum Gasteiger partial charge on any atom is -0.341 e. The van der Waals surface area contributed by atoms with E-state index in [1.165, 1.54) is 18.2 Å². The standard InChI is InChI=1S/C15H21FN2O3S/c1-11(2)14(15(19)18-9-5-6-10-18)17-22(20,21)13-8-4-3-7-12(13)16/h3-4,7-8,11,14,17H,5-6,9-10H2,1-2H3. The summed E-state index contributed by atoms with van der Waals surface area (Å²) in [4.78, 5) is 13.7. The Morgan fingerprint density at radius 1 is 1.23 bits per heavy atom. The summed E-state index contributed by atoms with van der Waals surface area (Å²) in [6.07, 6.45) is 1.85. The van der Waals surface area contributed by atoms with Gasteiger partial charge in [-0.05, 0) is 30.9 Å². The predicted molar refractivity (Wildman–Crippen MR) is 81.2 cm³/mol. The van der Waals surface area contributed by atoms with Gasteiger partial charge in [-0.15, -0.1) is 0 Å². The quantitative estimate of drug-likeness (QED) is 0.895. The molecular formula is C15H21FN2O3S. The highest BCUT2D eigenvalue weighted by molar-refractivity contribution is 7.89. The van der Waals surface area contributed by atoms with E-state index in [1.54, 1.807) is 18.7 Å². The van der Waals surface area contributed by atoms with Gasteiger partial charge in [-0.1, -0.05) is 26.0 Å². The average molecular weight is 328 g/mol. The molecule has 1 aromatic rings. The summed E-state index contributed by atoms with van der Waals surface area (Å²) in [5.41, 5.74) is 0. The van der Waals surface area contributed by atoms with Crippen LogP contribution in [0.15, 0.2) is 29.2 Å².